The van der Waals surface area contributed by atoms with Gasteiger partial charge in [-0.3, -0.25) is 4.79 Å². The van der Waals surface area contributed by atoms with Crippen molar-refractivity contribution in [1.29, 1.82) is 0 Å². The van der Waals surface area contributed by atoms with E-state index in [-0.39, 0.29) is 5.78 Å². The molecule has 0 aliphatic heterocycles. The molecule has 2 heterocycles. The Morgan fingerprint density at radius 2 is 1.80 bits per heavy atom. The predicted octanol–water partition coefficient (Wildman–Crippen LogP) is 5.48. The first-order chi connectivity index (χ1) is 14.6. The molecule has 0 unspecified atom stereocenters. The summed E-state index contributed by atoms with van der Waals surface area (Å²) >= 11 is 3.07. The molecule has 7 heteroatoms. The Balaban J connectivity index is 1.28. The lowest BCUT2D eigenvalue weighted by Crippen LogP contribution is -2.03. The molecule has 0 atom stereocenters. The van der Waals surface area contributed by atoms with Crippen molar-refractivity contribution in [2.75, 3.05) is 5.73 Å². The van der Waals surface area contributed by atoms with Gasteiger partial charge >= 0.3 is 0 Å². The SMILES string of the molecule is CCCc1ccc(-c2nnc(CCCC(=O)Cc3ccc4nc(N)sc4c3)s2)cc1. The summed E-state index contributed by atoms with van der Waals surface area (Å²) in [6.07, 6.45) is 4.81. The van der Waals surface area contributed by atoms with Crippen LogP contribution in [0.2, 0.25) is 0 Å². The van der Waals surface area contributed by atoms with Gasteiger partial charge in [-0.1, -0.05) is 66.3 Å². The number of benzene rings is 2. The fraction of sp³-hybridized carbons (Fsp3) is 0.304. The zero-order valence-corrected chi connectivity index (χ0v) is 18.6. The summed E-state index contributed by atoms with van der Waals surface area (Å²) in [4.78, 5) is 16.6. The van der Waals surface area contributed by atoms with E-state index < -0.39 is 0 Å². The second-order valence-electron chi connectivity index (χ2n) is 7.37. The van der Waals surface area contributed by atoms with Crippen LogP contribution in [0.4, 0.5) is 5.13 Å². The maximum absolute atomic E-state index is 12.4. The molecule has 2 aromatic heterocycles. The van der Waals surface area contributed by atoms with E-state index in [9.17, 15) is 4.79 Å². The highest BCUT2D eigenvalue weighted by Gasteiger charge is 2.10. The Labute approximate surface area is 184 Å². The van der Waals surface area contributed by atoms with E-state index in [1.807, 2.05) is 18.2 Å². The molecule has 30 heavy (non-hydrogen) atoms. The summed E-state index contributed by atoms with van der Waals surface area (Å²) in [5.41, 5.74) is 10.1. The van der Waals surface area contributed by atoms with Gasteiger partial charge in [0.15, 0.2) is 5.13 Å². The molecule has 0 radical (unpaired) electrons. The van der Waals surface area contributed by atoms with Crippen molar-refractivity contribution in [2.45, 2.75) is 45.4 Å². The minimum absolute atomic E-state index is 0.239. The Morgan fingerprint density at radius 3 is 2.60 bits per heavy atom. The number of nitrogens with zero attached hydrogens (tertiary/aromatic N) is 3. The number of anilines is 1. The molecule has 0 fully saturated rings. The van der Waals surface area contributed by atoms with E-state index in [2.05, 4.69) is 46.4 Å². The number of rotatable bonds is 9. The van der Waals surface area contributed by atoms with Crippen molar-refractivity contribution in [2.24, 2.45) is 0 Å². The number of aromatic nitrogens is 3. The van der Waals surface area contributed by atoms with Gasteiger partial charge in [0.25, 0.3) is 0 Å². The number of hydrogen-bond donors (Lipinski definition) is 1. The van der Waals surface area contributed by atoms with Gasteiger partial charge in [0.1, 0.15) is 15.8 Å². The molecule has 2 N–H and O–H groups in total. The molecule has 0 saturated heterocycles. The van der Waals surface area contributed by atoms with Crippen LogP contribution in [0, 0.1) is 0 Å². The lowest BCUT2D eigenvalue weighted by Gasteiger charge is -2.01. The number of aryl methyl sites for hydroxylation is 2. The van der Waals surface area contributed by atoms with Crippen molar-refractivity contribution in [3.8, 4) is 10.6 Å². The Hall–Kier alpha value is -2.64. The van der Waals surface area contributed by atoms with E-state index in [0.29, 0.717) is 18.0 Å². The van der Waals surface area contributed by atoms with Gasteiger partial charge in [0.2, 0.25) is 0 Å². The van der Waals surface area contributed by atoms with Gasteiger partial charge in [-0.2, -0.15) is 0 Å². The molecule has 154 valence electrons. The summed E-state index contributed by atoms with van der Waals surface area (Å²) in [5, 5.41) is 11.1. The zero-order valence-electron chi connectivity index (χ0n) is 16.9. The van der Waals surface area contributed by atoms with Crippen molar-refractivity contribution in [3.05, 3.63) is 58.6 Å². The van der Waals surface area contributed by atoms with Crippen molar-refractivity contribution >= 4 is 43.8 Å². The summed E-state index contributed by atoms with van der Waals surface area (Å²) < 4.78 is 1.03. The van der Waals surface area contributed by atoms with Gasteiger partial charge in [0, 0.05) is 24.8 Å². The van der Waals surface area contributed by atoms with Crippen LogP contribution in [0.15, 0.2) is 42.5 Å². The summed E-state index contributed by atoms with van der Waals surface area (Å²) in [6, 6.07) is 14.5. The first-order valence-corrected chi connectivity index (χ1v) is 11.8. The number of thiazole rings is 1. The number of carbonyl (C=O) groups excluding carboxylic acids is 1. The number of hydrogen-bond acceptors (Lipinski definition) is 7. The molecule has 2 aromatic carbocycles. The Morgan fingerprint density at radius 1 is 1.00 bits per heavy atom. The van der Waals surface area contributed by atoms with E-state index in [4.69, 9.17) is 5.73 Å². The minimum Gasteiger partial charge on any atom is -0.375 e. The molecule has 0 saturated carbocycles. The van der Waals surface area contributed by atoms with Crippen LogP contribution in [0.1, 0.15) is 42.3 Å². The highest BCUT2D eigenvalue weighted by atomic mass is 32.1. The van der Waals surface area contributed by atoms with Crippen molar-refractivity contribution < 1.29 is 4.79 Å². The molecule has 0 aliphatic carbocycles. The maximum Gasteiger partial charge on any atom is 0.181 e. The molecule has 4 aromatic rings. The third-order valence-corrected chi connectivity index (χ3v) is 6.80. The molecule has 0 bridgehead atoms. The van der Waals surface area contributed by atoms with Gasteiger partial charge in [-0.25, -0.2) is 4.98 Å². The first-order valence-electron chi connectivity index (χ1n) is 10.2. The highest BCUT2D eigenvalue weighted by molar-refractivity contribution is 7.22. The van der Waals surface area contributed by atoms with Crippen LogP contribution >= 0.6 is 22.7 Å². The van der Waals surface area contributed by atoms with E-state index in [0.717, 1.165) is 57.0 Å². The molecule has 0 spiro atoms. The van der Waals surface area contributed by atoms with Crippen LogP contribution in [0.3, 0.4) is 0 Å². The molecule has 0 aliphatic rings. The van der Waals surface area contributed by atoms with E-state index >= 15 is 0 Å². The predicted molar refractivity (Wildman–Crippen MR) is 125 cm³/mol. The number of ketones is 1. The zero-order chi connectivity index (χ0) is 20.9. The standard InChI is InChI=1S/C23H24N4OS2/c1-2-4-15-7-10-17(11-8-15)22-27-26-21(30-22)6-3-5-18(28)13-16-9-12-19-20(14-16)29-23(24)25-19/h7-12,14H,2-6,13H2,1H3,(H2,24,25). The normalized spacial score (nSPS) is 11.2. The second-order valence-corrected chi connectivity index (χ2v) is 9.50. The largest absolute Gasteiger partial charge is 0.375 e. The summed E-state index contributed by atoms with van der Waals surface area (Å²) in [6.45, 7) is 2.19. The number of nitrogens with two attached hydrogens (primary N) is 1. The molecular weight excluding hydrogens is 412 g/mol. The Kier molecular flexibility index (Phi) is 6.50. The van der Waals surface area contributed by atoms with Gasteiger partial charge < -0.3 is 5.73 Å². The van der Waals surface area contributed by atoms with Gasteiger partial charge in [-0.15, -0.1) is 10.2 Å². The van der Waals surface area contributed by atoms with Gasteiger partial charge in [-0.05, 0) is 36.1 Å². The topological polar surface area (TPSA) is 81.8 Å². The Bertz CT molecular complexity index is 1150. The van der Waals surface area contributed by atoms with Gasteiger partial charge in [0.05, 0.1) is 10.2 Å². The van der Waals surface area contributed by atoms with E-state index in [1.54, 1.807) is 11.3 Å². The first kappa shape index (κ1) is 20.6. The van der Waals surface area contributed by atoms with Crippen molar-refractivity contribution in [3.63, 3.8) is 0 Å². The second kappa shape index (κ2) is 9.45. The third kappa shape index (κ3) is 5.09. The third-order valence-electron chi connectivity index (χ3n) is 4.92. The molecular formula is C23H24N4OS2. The van der Waals surface area contributed by atoms with Crippen LogP contribution in [-0.4, -0.2) is 21.0 Å². The molecule has 4 rings (SSSR count). The van der Waals surface area contributed by atoms with Crippen LogP contribution in [0.5, 0.6) is 0 Å². The number of carbonyl (C=O) groups is 1. The maximum atomic E-state index is 12.4. The summed E-state index contributed by atoms with van der Waals surface area (Å²) in [5.74, 6) is 0.239. The summed E-state index contributed by atoms with van der Waals surface area (Å²) in [7, 11) is 0. The monoisotopic (exact) mass is 436 g/mol. The lowest BCUT2D eigenvalue weighted by atomic mass is 10.0. The fourth-order valence-corrected chi connectivity index (χ4v) is 5.11. The van der Waals surface area contributed by atoms with E-state index in [1.165, 1.54) is 16.9 Å². The number of nitrogen functional groups attached to an aromatic ring is 1. The molecule has 5 nitrogen and oxygen atoms in total. The van der Waals surface area contributed by atoms with Crippen LogP contribution in [-0.2, 0) is 24.1 Å². The van der Waals surface area contributed by atoms with Crippen molar-refractivity contribution in [1.82, 2.24) is 15.2 Å². The number of fused-ring (bicyclic) bond motifs is 1. The lowest BCUT2D eigenvalue weighted by molar-refractivity contribution is -0.118. The highest BCUT2D eigenvalue weighted by Crippen LogP contribution is 2.26. The molecule has 0 amide bonds. The average molecular weight is 437 g/mol. The minimum atomic E-state index is 0.239. The average Bonchev–Trinajstić information content (AvgIpc) is 3.34. The van der Waals surface area contributed by atoms with Crippen LogP contribution in [0.25, 0.3) is 20.8 Å². The number of Topliss-reactive ketones (excluding diaryl/α,β-unsaturated/α-hetero) is 1. The fourth-order valence-electron chi connectivity index (χ4n) is 3.42. The smallest absolute Gasteiger partial charge is 0.181 e. The quantitative estimate of drug-likeness (QED) is 0.375. The van der Waals surface area contributed by atoms with Crippen LogP contribution < -0.4 is 5.73 Å².